The molecule has 24 heavy (non-hydrogen) atoms. The molecule has 6 heteroatoms. The molecule has 2 amide bonds. The van der Waals surface area contributed by atoms with Gasteiger partial charge < -0.3 is 10.1 Å². The second-order valence-corrected chi connectivity index (χ2v) is 6.45. The third-order valence-corrected chi connectivity index (χ3v) is 4.47. The summed E-state index contributed by atoms with van der Waals surface area (Å²) in [5, 5.41) is 3.16. The van der Waals surface area contributed by atoms with Crippen LogP contribution in [0.5, 0.6) is 5.75 Å². The van der Waals surface area contributed by atoms with E-state index >= 15 is 0 Å². The van der Waals surface area contributed by atoms with Gasteiger partial charge in [0, 0.05) is 11.0 Å². The Morgan fingerprint density at radius 3 is 2.42 bits per heavy atom. The number of amides is 2. The average molecular weight is 389 g/mol. The van der Waals surface area contributed by atoms with Crippen LogP contribution in [0.1, 0.15) is 12.0 Å². The average Bonchev–Trinajstić information content (AvgIpc) is 2.88. The first-order valence-corrected chi connectivity index (χ1v) is 8.36. The van der Waals surface area contributed by atoms with E-state index in [4.69, 9.17) is 4.74 Å². The van der Waals surface area contributed by atoms with E-state index in [1.54, 1.807) is 19.2 Å². The molecular weight excluding hydrogens is 372 g/mol. The molecule has 0 bridgehead atoms. The smallest absolute Gasteiger partial charge is 0.251 e. The number of nitrogens with zero attached hydrogens (tertiary/aromatic N) is 1. The van der Waals surface area contributed by atoms with Gasteiger partial charge in [0.25, 0.3) is 5.91 Å². The molecule has 1 unspecified atom stereocenters. The molecule has 1 fully saturated rings. The first-order valence-electron chi connectivity index (χ1n) is 7.57. The number of methoxy groups -OCH3 is 1. The van der Waals surface area contributed by atoms with Crippen LogP contribution < -0.4 is 15.0 Å². The van der Waals surface area contributed by atoms with Gasteiger partial charge in [0.15, 0.2) is 0 Å². The Morgan fingerprint density at radius 2 is 1.79 bits per heavy atom. The molecule has 1 N–H and O–H groups in total. The third-order valence-electron chi connectivity index (χ3n) is 3.94. The summed E-state index contributed by atoms with van der Waals surface area (Å²) in [6.45, 7) is 0.516. The van der Waals surface area contributed by atoms with Gasteiger partial charge in [-0.2, -0.15) is 0 Å². The van der Waals surface area contributed by atoms with Gasteiger partial charge in [-0.15, -0.1) is 0 Å². The molecule has 2 aromatic carbocycles. The van der Waals surface area contributed by atoms with Gasteiger partial charge in [0.05, 0.1) is 25.3 Å². The number of anilines is 1. The van der Waals surface area contributed by atoms with Crippen LogP contribution in [-0.4, -0.2) is 25.0 Å². The van der Waals surface area contributed by atoms with E-state index in [-0.39, 0.29) is 18.2 Å². The van der Waals surface area contributed by atoms with Crippen LogP contribution in [0.4, 0.5) is 5.69 Å². The fraction of sp³-hybridized carbons (Fsp3) is 0.222. The first-order chi connectivity index (χ1) is 11.6. The summed E-state index contributed by atoms with van der Waals surface area (Å²) in [4.78, 5) is 26.0. The Balaban J connectivity index is 1.66. The maximum absolute atomic E-state index is 12.5. The second kappa shape index (κ2) is 7.15. The number of benzene rings is 2. The van der Waals surface area contributed by atoms with Crippen LogP contribution in [0.15, 0.2) is 53.0 Å². The maximum atomic E-state index is 12.5. The summed E-state index contributed by atoms with van der Waals surface area (Å²) in [6, 6.07) is 14.2. The van der Waals surface area contributed by atoms with Crippen LogP contribution in [0.2, 0.25) is 0 Å². The third kappa shape index (κ3) is 3.49. The molecule has 1 saturated heterocycles. The van der Waals surface area contributed by atoms with Crippen LogP contribution in [0, 0.1) is 0 Å². The van der Waals surface area contributed by atoms with Crippen molar-refractivity contribution >= 4 is 33.4 Å². The fourth-order valence-corrected chi connectivity index (χ4v) is 2.90. The van der Waals surface area contributed by atoms with Crippen molar-refractivity contribution in [1.82, 2.24) is 5.32 Å². The van der Waals surface area contributed by atoms with E-state index in [1.807, 2.05) is 36.4 Å². The Morgan fingerprint density at radius 1 is 1.12 bits per heavy atom. The minimum absolute atomic E-state index is 0.172. The quantitative estimate of drug-likeness (QED) is 0.800. The highest BCUT2D eigenvalue weighted by Crippen LogP contribution is 2.24. The Bertz CT molecular complexity index is 744. The molecule has 0 aromatic heterocycles. The van der Waals surface area contributed by atoms with Gasteiger partial charge in [-0.05, 0) is 42.0 Å². The van der Waals surface area contributed by atoms with Crippen molar-refractivity contribution in [2.75, 3.05) is 12.0 Å². The number of hydrogen-bond acceptors (Lipinski definition) is 4. The highest BCUT2D eigenvalue weighted by atomic mass is 79.9. The molecule has 0 aliphatic carbocycles. The van der Waals surface area contributed by atoms with Crippen molar-refractivity contribution < 1.29 is 14.3 Å². The molecule has 3 rings (SSSR count). The lowest BCUT2D eigenvalue weighted by atomic mass is 10.2. The Hall–Kier alpha value is -2.18. The fourth-order valence-electron chi connectivity index (χ4n) is 2.64. The molecule has 0 radical (unpaired) electrons. The molecule has 124 valence electrons. The minimum Gasteiger partial charge on any atom is -0.497 e. The van der Waals surface area contributed by atoms with Crippen molar-refractivity contribution in [3.63, 3.8) is 0 Å². The zero-order valence-corrected chi connectivity index (χ0v) is 14.7. The van der Waals surface area contributed by atoms with E-state index in [1.165, 1.54) is 4.90 Å². The SMILES string of the molecule is COc1ccc(CNC2CC(=O)N(c3ccc(Br)cc3)C2=O)cc1. The predicted octanol–water partition coefficient (Wildman–Crippen LogP) is 2.88. The molecule has 1 atom stereocenters. The van der Waals surface area contributed by atoms with E-state index in [9.17, 15) is 9.59 Å². The molecular formula is C18H17BrN2O3. The van der Waals surface area contributed by atoms with E-state index < -0.39 is 6.04 Å². The summed E-state index contributed by atoms with van der Waals surface area (Å²) < 4.78 is 6.02. The monoisotopic (exact) mass is 388 g/mol. The van der Waals surface area contributed by atoms with E-state index in [2.05, 4.69) is 21.2 Å². The standard InChI is InChI=1S/C18H17BrN2O3/c1-24-15-8-2-12(3-9-15)11-20-16-10-17(22)21(18(16)23)14-6-4-13(19)5-7-14/h2-9,16,20H,10-11H2,1H3. The van der Waals surface area contributed by atoms with Crippen molar-refractivity contribution in [2.45, 2.75) is 19.0 Å². The van der Waals surface area contributed by atoms with Gasteiger partial charge in [0.1, 0.15) is 5.75 Å². The minimum atomic E-state index is -0.497. The lowest BCUT2D eigenvalue weighted by molar-refractivity contribution is -0.121. The lowest BCUT2D eigenvalue weighted by Gasteiger charge is -2.15. The molecule has 2 aromatic rings. The zero-order chi connectivity index (χ0) is 17.1. The topological polar surface area (TPSA) is 58.6 Å². The number of carbonyl (C=O) groups is 2. The summed E-state index contributed by atoms with van der Waals surface area (Å²) in [7, 11) is 1.62. The number of carbonyl (C=O) groups excluding carboxylic acids is 2. The number of ether oxygens (including phenoxy) is 1. The maximum Gasteiger partial charge on any atom is 0.251 e. The molecule has 1 aliphatic rings. The molecule has 0 saturated carbocycles. The first kappa shape index (κ1) is 16.7. The highest BCUT2D eigenvalue weighted by molar-refractivity contribution is 9.10. The second-order valence-electron chi connectivity index (χ2n) is 5.53. The number of nitrogens with one attached hydrogen (secondary N) is 1. The Labute approximate surface area is 148 Å². The molecule has 0 spiro atoms. The van der Waals surface area contributed by atoms with Crippen LogP contribution in [-0.2, 0) is 16.1 Å². The number of halogens is 1. The van der Waals surface area contributed by atoms with Gasteiger partial charge in [-0.1, -0.05) is 28.1 Å². The van der Waals surface area contributed by atoms with Crippen molar-refractivity contribution in [3.8, 4) is 5.75 Å². The highest BCUT2D eigenvalue weighted by Gasteiger charge is 2.39. The number of hydrogen-bond donors (Lipinski definition) is 1. The van der Waals surface area contributed by atoms with Gasteiger partial charge in [-0.3, -0.25) is 9.59 Å². The van der Waals surface area contributed by atoms with Gasteiger partial charge >= 0.3 is 0 Å². The molecule has 1 heterocycles. The van der Waals surface area contributed by atoms with Gasteiger partial charge in [0.2, 0.25) is 5.91 Å². The Kier molecular flexibility index (Phi) is 4.97. The number of imide groups is 1. The van der Waals surface area contributed by atoms with Crippen molar-refractivity contribution in [3.05, 3.63) is 58.6 Å². The predicted molar refractivity (Wildman–Crippen MR) is 94.9 cm³/mol. The molecule has 1 aliphatic heterocycles. The van der Waals surface area contributed by atoms with Crippen LogP contribution in [0.25, 0.3) is 0 Å². The number of rotatable bonds is 5. The van der Waals surface area contributed by atoms with Gasteiger partial charge in [-0.25, -0.2) is 4.90 Å². The largest absolute Gasteiger partial charge is 0.497 e. The van der Waals surface area contributed by atoms with E-state index in [0.29, 0.717) is 12.2 Å². The summed E-state index contributed by atoms with van der Waals surface area (Å²) in [5.41, 5.74) is 1.63. The normalized spacial score (nSPS) is 17.4. The van der Waals surface area contributed by atoms with Crippen LogP contribution >= 0.6 is 15.9 Å². The van der Waals surface area contributed by atoms with Crippen molar-refractivity contribution in [2.24, 2.45) is 0 Å². The van der Waals surface area contributed by atoms with Crippen LogP contribution in [0.3, 0.4) is 0 Å². The summed E-state index contributed by atoms with van der Waals surface area (Å²) in [6.07, 6.45) is 0.172. The van der Waals surface area contributed by atoms with Crippen molar-refractivity contribution in [1.29, 1.82) is 0 Å². The van der Waals surface area contributed by atoms with E-state index in [0.717, 1.165) is 15.8 Å². The summed E-state index contributed by atoms with van der Waals surface area (Å²) >= 11 is 3.35. The molecule has 5 nitrogen and oxygen atoms in total. The summed E-state index contributed by atoms with van der Waals surface area (Å²) in [5.74, 6) is 0.387. The zero-order valence-electron chi connectivity index (χ0n) is 13.2. The lowest BCUT2D eigenvalue weighted by Crippen LogP contribution is -2.38.